The van der Waals surface area contributed by atoms with Gasteiger partial charge in [-0.1, -0.05) is 45.1 Å². The van der Waals surface area contributed by atoms with Crippen molar-refractivity contribution in [3.63, 3.8) is 0 Å². The molecule has 3 aromatic heterocycles. The van der Waals surface area contributed by atoms with Gasteiger partial charge in [0, 0.05) is 24.2 Å². The molecule has 134 valence electrons. The quantitative estimate of drug-likeness (QED) is 0.439. The summed E-state index contributed by atoms with van der Waals surface area (Å²) >= 11 is 0. The molecule has 26 heavy (non-hydrogen) atoms. The maximum absolute atomic E-state index is 4.59. The molecule has 0 bridgehead atoms. The van der Waals surface area contributed by atoms with Crippen LogP contribution in [0.4, 0.5) is 0 Å². The first-order valence-corrected chi connectivity index (χ1v) is 9.70. The number of hydrogen-bond donors (Lipinski definition) is 0. The summed E-state index contributed by atoms with van der Waals surface area (Å²) in [4.78, 5) is 13.6. The summed E-state index contributed by atoms with van der Waals surface area (Å²) in [5.41, 5.74) is 5.12. The molecule has 0 radical (unpaired) electrons. The topological polar surface area (TPSA) is 38.7 Å². The number of rotatable bonds is 9. The molecule has 3 heteroatoms. The van der Waals surface area contributed by atoms with E-state index in [4.69, 9.17) is 0 Å². The van der Waals surface area contributed by atoms with Gasteiger partial charge in [-0.15, -0.1) is 0 Å². The Morgan fingerprint density at radius 1 is 0.692 bits per heavy atom. The maximum atomic E-state index is 4.59. The molecule has 3 nitrogen and oxygen atoms in total. The monoisotopic (exact) mass is 345 g/mol. The van der Waals surface area contributed by atoms with E-state index in [0.29, 0.717) is 0 Å². The van der Waals surface area contributed by atoms with Crippen molar-refractivity contribution in [2.45, 2.75) is 51.9 Å². The van der Waals surface area contributed by atoms with Gasteiger partial charge in [0.15, 0.2) is 0 Å². The van der Waals surface area contributed by atoms with Crippen molar-refractivity contribution in [2.24, 2.45) is 0 Å². The highest BCUT2D eigenvalue weighted by molar-refractivity contribution is 5.77. The van der Waals surface area contributed by atoms with Crippen LogP contribution in [0.15, 0.2) is 61.1 Å². The minimum atomic E-state index is 0.899. The highest BCUT2D eigenvalue weighted by atomic mass is 14.8. The van der Waals surface area contributed by atoms with Crippen molar-refractivity contribution in [2.75, 3.05) is 0 Å². The Bertz CT molecular complexity index is 799. The van der Waals surface area contributed by atoms with Gasteiger partial charge in [-0.25, -0.2) is 0 Å². The van der Waals surface area contributed by atoms with E-state index in [9.17, 15) is 0 Å². The summed E-state index contributed by atoms with van der Waals surface area (Å²) in [7, 11) is 0. The number of nitrogens with zero attached hydrogens (tertiary/aromatic N) is 3. The minimum Gasteiger partial charge on any atom is -0.256 e. The summed E-state index contributed by atoms with van der Waals surface area (Å²) in [5.74, 6) is 0. The molecule has 0 N–H and O–H groups in total. The first kappa shape index (κ1) is 18.2. The molecule has 0 aliphatic carbocycles. The third-order valence-corrected chi connectivity index (χ3v) is 4.63. The summed E-state index contributed by atoms with van der Waals surface area (Å²) in [5, 5.41) is 0. The lowest BCUT2D eigenvalue weighted by Crippen LogP contribution is -1.95. The van der Waals surface area contributed by atoms with Crippen LogP contribution in [0.2, 0.25) is 0 Å². The molecule has 0 spiro atoms. The average Bonchev–Trinajstić information content (AvgIpc) is 2.71. The Labute approximate surface area is 156 Å². The molecule has 0 amide bonds. The number of aryl methyl sites for hydroxylation is 1. The molecule has 3 aromatic rings. The predicted molar refractivity (Wildman–Crippen MR) is 108 cm³/mol. The zero-order valence-electron chi connectivity index (χ0n) is 15.6. The van der Waals surface area contributed by atoms with E-state index in [1.807, 2.05) is 42.9 Å². The van der Waals surface area contributed by atoms with Crippen molar-refractivity contribution in [1.82, 2.24) is 15.0 Å². The summed E-state index contributed by atoms with van der Waals surface area (Å²) in [6.07, 6.45) is 14.5. The molecule has 0 fully saturated rings. The SMILES string of the molecule is CCCCCCCCc1ccnc(-c2ncccc2-c2ccccn2)c1. The van der Waals surface area contributed by atoms with E-state index in [2.05, 4.69) is 40.1 Å². The normalized spacial score (nSPS) is 10.8. The van der Waals surface area contributed by atoms with E-state index in [1.165, 1.54) is 44.1 Å². The smallest absolute Gasteiger partial charge is 0.0980 e. The van der Waals surface area contributed by atoms with Gasteiger partial charge in [0.2, 0.25) is 0 Å². The van der Waals surface area contributed by atoms with Crippen LogP contribution in [0.1, 0.15) is 51.0 Å². The van der Waals surface area contributed by atoms with Gasteiger partial charge in [0.25, 0.3) is 0 Å². The van der Waals surface area contributed by atoms with Gasteiger partial charge in [-0.3, -0.25) is 15.0 Å². The average molecular weight is 345 g/mol. The zero-order valence-corrected chi connectivity index (χ0v) is 15.6. The van der Waals surface area contributed by atoms with E-state index < -0.39 is 0 Å². The van der Waals surface area contributed by atoms with Crippen LogP contribution in [-0.2, 0) is 6.42 Å². The number of pyridine rings is 3. The molecule has 0 aliphatic rings. The fraction of sp³-hybridized carbons (Fsp3) is 0.348. The fourth-order valence-corrected chi connectivity index (χ4v) is 3.21. The lowest BCUT2D eigenvalue weighted by molar-refractivity contribution is 0.607. The molecule has 0 atom stereocenters. The highest BCUT2D eigenvalue weighted by Gasteiger charge is 2.11. The van der Waals surface area contributed by atoms with Gasteiger partial charge in [0.1, 0.15) is 0 Å². The van der Waals surface area contributed by atoms with Crippen LogP contribution >= 0.6 is 0 Å². The second kappa shape index (κ2) is 9.81. The van der Waals surface area contributed by atoms with Crippen molar-refractivity contribution < 1.29 is 0 Å². The number of hydrogen-bond acceptors (Lipinski definition) is 3. The third kappa shape index (κ3) is 4.98. The Morgan fingerprint density at radius 2 is 1.50 bits per heavy atom. The molecule has 0 aromatic carbocycles. The van der Waals surface area contributed by atoms with Crippen LogP contribution in [0.5, 0.6) is 0 Å². The van der Waals surface area contributed by atoms with Gasteiger partial charge in [0.05, 0.1) is 17.1 Å². The fourth-order valence-electron chi connectivity index (χ4n) is 3.21. The summed E-state index contributed by atoms with van der Waals surface area (Å²) in [6, 6.07) is 14.3. The minimum absolute atomic E-state index is 0.899. The van der Waals surface area contributed by atoms with E-state index in [-0.39, 0.29) is 0 Å². The Balaban J connectivity index is 1.73. The van der Waals surface area contributed by atoms with Crippen LogP contribution < -0.4 is 0 Å². The zero-order chi connectivity index (χ0) is 18.0. The third-order valence-electron chi connectivity index (χ3n) is 4.63. The molecule has 0 unspecified atom stereocenters. The predicted octanol–water partition coefficient (Wildman–Crippen LogP) is 6.11. The van der Waals surface area contributed by atoms with Crippen LogP contribution in [0.3, 0.4) is 0 Å². The van der Waals surface area contributed by atoms with Gasteiger partial charge in [-0.2, -0.15) is 0 Å². The maximum Gasteiger partial charge on any atom is 0.0980 e. The lowest BCUT2D eigenvalue weighted by Gasteiger charge is -2.09. The Hall–Kier alpha value is -2.55. The molecular weight excluding hydrogens is 318 g/mol. The number of unbranched alkanes of at least 4 members (excludes halogenated alkanes) is 5. The van der Waals surface area contributed by atoms with E-state index in [1.54, 1.807) is 0 Å². The summed E-state index contributed by atoms with van der Waals surface area (Å²) in [6.45, 7) is 2.26. The standard InChI is InChI=1S/C23H27N3/c1-2-3-4-5-6-7-11-19-14-17-25-22(18-19)23-20(12-10-16-26-23)21-13-8-9-15-24-21/h8-10,12-18H,2-7,11H2,1H3. The van der Waals surface area contributed by atoms with Gasteiger partial charge >= 0.3 is 0 Å². The highest BCUT2D eigenvalue weighted by Crippen LogP contribution is 2.28. The van der Waals surface area contributed by atoms with Crippen molar-refractivity contribution in [3.05, 3.63) is 66.6 Å². The molecule has 0 saturated carbocycles. The van der Waals surface area contributed by atoms with Gasteiger partial charge in [-0.05, 0) is 54.8 Å². The van der Waals surface area contributed by atoms with E-state index in [0.717, 1.165) is 29.1 Å². The van der Waals surface area contributed by atoms with Crippen molar-refractivity contribution in [1.29, 1.82) is 0 Å². The lowest BCUT2D eigenvalue weighted by atomic mass is 10.0. The second-order valence-electron chi connectivity index (χ2n) is 6.68. The van der Waals surface area contributed by atoms with Crippen molar-refractivity contribution in [3.8, 4) is 22.6 Å². The van der Waals surface area contributed by atoms with Crippen LogP contribution in [0.25, 0.3) is 22.6 Å². The number of aromatic nitrogens is 3. The second-order valence-corrected chi connectivity index (χ2v) is 6.68. The summed E-state index contributed by atoms with van der Waals surface area (Å²) < 4.78 is 0. The van der Waals surface area contributed by atoms with E-state index >= 15 is 0 Å². The Morgan fingerprint density at radius 3 is 2.35 bits per heavy atom. The first-order chi connectivity index (χ1) is 12.9. The molecular formula is C23H27N3. The Kier molecular flexibility index (Phi) is 6.88. The molecule has 3 heterocycles. The first-order valence-electron chi connectivity index (χ1n) is 9.70. The largest absolute Gasteiger partial charge is 0.256 e. The molecule has 0 aliphatic heterocycles. The van der Waals surface area contributed by atoms with Gasteiger partial charge < -0.3 is 0 Å². The molecule has 0 saturated heterocycles. The van der Waals surface area contributed by atoms with Crippen LogP contribution in [-0.4, -0.2) is 15.0 Å². The van der Waals surface area contributed by atoms with Crippen LogP contribution in [0, 0.1) is 0 Å². The molecule has 3 rings (SSSR count). The van der Waals surface area contributed by atoms with Crippen molar-refractivity contribution >= 4 is 0 Å².